The molecule has 1 rings (SSSR count). The quantitative estimate of drug-likeness (QED) is 0.733. The summed E-state index contributed by atoms with van der Waals surface area (Å²) in [6.07, 6.45) is 1.88. The predicted octanol–water partition coefficient (Wildman–Crippen LogP) is 2.71. The predicted molar refractivity (Wildman–Crippen MR) is 71.3 cm³/mol. The molecule has 0 aliphatic heterocycles. The van der Waals surface area contributed by atoms with E-state index in [0.717, 1.165) is 12.0 Å². The van der Waals surface area contributed by atoms with Crippen LogP contribution in [-0.2, 0) is 16.1 Å². The average Bonchev–Trinajstić information content (AvgIpc) is 2.38. The second-order valence-electron chi connectivity index (χ2n) is 4.48. The number of benzene rings is 1. The highest BCUT2D eigenvalue weighted by Gasteiger charge is 2.08. The molecule has 1 unspecified atom stereocenters. The van der Waals surface area contributed by atoms with Crippen molar-refractivity contribution in [1.29, 1.82) is 0 Å². The Hall–Kier alpha value is -1.19. The fraction of sp³-hybridized carbons (Fsp3) is 0.533. The van der Waals surface area contributed by atoms with Crippen LogP contribution in [0.1, 0.15) is 38.2 Å². The van der Waals surface area contributed by atoms with Crippen LogP contribution in [0.15, 0.2) is 30.3 Å². The monoisotopic (exact) mass is 250 g/mol. The topological polar surface area (TPSA) is 46.5 Å². The molecule has 0 aliphatic rings. The van der Waals surface area contributed by atoms with Crippen LogP contribution < -0.4 is 0 Å². The van der Waals surface area contributed by atoms with Crippen LogP contribution in [0.4, 0.5) is 0 Å². The van der Waals surface area contributed by atoms with Crippen LogP contribution in [0.25, 0.3) is 0 Å². The van der Waals surface area contributed by atoms with Gasteiger partial charge >= 0.3 is 0 Å². The van der Waals surface area contributed by atoms with Crippen molar-refractivity contribution in [3.8, 4) is 0 Å². The highest BCUT2D eigenvalue weighted by molar-refractivity contribution is 5.78. The number of hydrogen-bond donors (Lipinski definition) is 1. The summed E-state index contributed by atoms with van der Waals surface area (Å²) >= 11 is 0. The zero-order chi connectivity index (χ0) is 13.2. The fourth-order valence-electron chi connectivity index (χ4n) is 1.70. The first-order chi connectivity index (χ1) is 8.72. The van der Waals surface area contributed by atoms with Crippen molar-refractivity contribution in [2.45, 2.75) is 45.3 Å². The van der Waals surface area contributed by atoms with Crippen molar-refractivity contribution in [3.05, 3.63) is 35.9 Å². The van der Waals surface area contributed by atoms with E-state index in [1.807, 2.05) is 37.3 Å². The van der Waals surface area contributed by atoms with Gasteiger partial charge in [0, 0.05) is 12.8 Å². The summed E-state index contributed by atoms with van der Waals surface area (Å²) in [6.45, 7) is 2.77. The summed E-state index contributed by atoms with van der Waals surface area (Å²) < 4.78 is 5.41. The lowest BCUT2D eigenvalue weighted by molar-refractivity contribution is -0.119. The Morgan fingerprint density at radius 2 is 2.00 bits per heavy atom. The van der Waals surface area contributed by atoms with E-state index >= 15 is 0 Å². The van der Waals surface area contributed by atoms with Crippen molar-refractivity contribution in [2.24, 2.45) is 0 Å². The first-order valence-electron chi connectivity index (χ1n) is 6.53. The number of hydrogen-bond acceptors (Lipinski definition) is 3. The van der Waals surface area contributed by atoms with E-state index in [1.165, 1.54) is 0 Å². The maximum absolute atomic E-state index is 11.3. The van der Waals surface area contributed by atoms with Crippen LogP contribution in [0.2, 0.25) is 0 Å². The third-order valence-electron chi connectivity index (χ3n) is 2.71. The van der Waals surface area contributed by atoms with Crippen LogP contribution >= 0.6 is 0 Å². The smallest absolute Gasteiger partial charge is 0.133 e. The zero-order valence-corrected chi connectivity index (χ0v) is 11.0. The standard InChI is InChI=1S/C15H22O3/c1-2-6-14(16)9-10-15(17)12-18-11-13-7-4-3-5-8-13/h3-5,7-8,15,17H,2,6,9-12H2,1H3. The lowest BCUT2D eigenvalue weighted by atomic mass is 10.1. The summed E-state index contributed by atoms with van der Waals surface area (Å²) in [5.41, 5.74) is 1.09. The van der Waals surface area contributed by atoms with E-state index in [1.54, 1.807) is 0 Å². The highest BCUT2D eigenvalue weighted by Crippen LogP contribution is 2.05. The third-order valence-corrected chi connectivity index (χ3v) is 2.71. The highest BCUT2D eigenvalue weighted by atomic mass is 16.5. The molecule has 0 aromatic heterocycles. The molecule has 0 bridgehead atoms. The van der Waals surface area contributed by atoms with Gasteiger partial charge in [0.1, 0.15) is 5.78 Å². The Kier molecular flexibility index (Phi) is 7.30. The van der Waals surface area contributed by atoms with E-state index in [0.29, 0.717) is 25.9 Å². The Morgan fingerprint density at radius 3 is 2.67 bits per heavy atom. The van der Waals surface area contributed by atoms with Gasteiger partial charge in [-0.3, -0.25) is 4.79 Å². The van der Waals surface area contributed by atoms with Gasteiger partial charge in [0.15, 0.2) is 0 Å². The summed E-state index contributed by atoms with van der Waals surface area (Å²) in [7, 11) is 0. The van der Waals surface area contributed by atoms with Crippen LogP contribution in [0, 0.1) is 0 Å². The first-order valence-corrected chi connectivity index (χ1v) is 6.53. The number of ketones is 1. The molecule has 1 aromatic carbocycles. The Bertz CT molecular complexity index is 335. The maximum atomic E-state index is 11.3. The Balaban J connectivity index is 2.10. The Morgan fingerprint density at radius 1 is 1.28 bits per heavy atom. The van der Waals surface area contributed by atoms with Crippen molar-refractivity contribution in [2.75, 3.05) is 6.61 Å². The minimum atomic E-state index is -0.547. The van der Waals surface area contributed by atoms with Gasteiger partial charge in [0.2, 0.25) is 0 Å². The number of carbonyl (C=O) groups excluding carboxylic acids is 1. The minimum Gasteiger partial charge on any atom is -0.391 e. The van der Waals surface area contributed by atoms with Crippen LogP contribution in [0.3, 0.4) is 0 Å². The lowest BCUT2D eigenvalue weighted by Gasteiger charge is -2.10. The van der Waals surface area contributed by atoms with E-state index in [9.17, 15) is 9.90 Å². The maximum Gasteiger partial charge on any atom is 0.133 e. The molecule has 1 N–H and O–H groups in total. The molecule has 0 heterocycles. The number of rotatable bonds is 9. The number of aliphatic hydroxyl groups is 1. The average molecular weight is 250 g/mol. The Labute approximate surface area is 109 Å². The van der Waals surface area contributed by atoms with Crippen molar-refractivity contribution in [3.63, 3.8) is 0 Å². The van der Waals surface area contributed by atoms with E-state index < -0.39 is 6.10 Å². The molecule has 3 heteroatoms. The molecule has 18 heavy (non-hydrogen) atoms. The molecule has 3 nitrogen and oxygen atoms in total. The van der Waals surface area contributed by atoms with Crippen LogP contribution in [0.5, 0.6) is 0 Å². The van der Waals surface area contributed by atoms with Gasteiger partial charge < -0.3 is 9.84 Å². The van der Waals surface area contributed by atoms with Crippen LogP contribution in [-0.4, -0.2) is 23.6 Å². The molecule has 0 saturated carbocycles. The van der Waals surface area contributed by atoms with Gasteiger partial charge in [-0.2, -0.15) is 0 Å². The molecule has 0 saturated heterocycles. The summed E-state index contributed by atoms with van der Waals surface area (Å²) in [5.74, 6) is 0.222. The molecule has 0 amide bonds. The van der Waals surface area contributed by atoms with Gasteiger partial charge in [0.05, 0.1) is 19.3 Å². The SMILES string of the molecule is CCCC(=O)CCC(O)COCc1ccccc1. The molecule has 1 aromatic rings. The molecule has 0 aliphatic carbocycles. The molecular formula is C15H22O3. The van der Waals surface area contributed by atoms with Crippen molar-refractivity contribution < 1.29 is 14.6 Å². The van der Waals surface area contributed by atoms with Gasteiger partial charge in [0.25, 0.3) is 0 Å². The summed E-state index contributed by atoms with van der Waals surface area (Å²) in [4.78, 5) is 11.3. The van der Waals surface area contributed by atoms with Crippen molar-refractivity contribution >= 4 is 5.78 Å². The summed E-state index contributed by atoms with van der Waals surface area (Å²) in [6, 6.07) is 9.84. The lowest BCUT2D eigenvalue weighted by Crippen LogP contribution is -2.16. The molecule has 100 valence electrons. The van der Waals surface area contributed by atoms with Gasteiger partial charge in [-0.15, -0.1) is 0 Å². The number of Topliss-reactive ketones (excluding diaryl/α,β-unsaturated/α-hetero) is 1. The van der Waals surface area contributed by atoms with E-state index in [-0.39, 0.29) is 12.4 Å². The first kappa shape index (κ1) is 14.9. The molecule has 1 atom stereocenters. The second kappa shape index (κ2) is 8.84. The second-order valence-corrected chi connectivity index (χ2v) is 4.48. The largest absolute Gasteiger partial charge is 0.391 e. The van der Waals surface area contributed by atoms with Gasteiger partial charge in [-0.25, -0.2) is 0 Å². The molecular weight excluding hydrogens is 228 g/mol. The van der Waals surface area contributed by atoms with Gasteiger partial charge in [-0.1, -0.05) is 37.3 Å². The number of aliphatic hydroxyl groups excluding tert-OH is 1. The number of carbonyl (C=O) groups is 1. The van der Waals surface area contributed by atoms with E-state index in [4.69, 9.17) is 4.74 Å². The number of ether oxygens (including phenoxy) is 1. The van der Waals surface area contributed by atoms with Crippen molar-refractivity contribution in [1.82, 2.24) is 0 Å². The summed E-state index contributed by atoms with van der Waals surface area (Å²) in [5, 5.41) is 9.67. The van der Waals surface area contributed by atoms with Gasteiger partial charge in [-0.05, 0) is 18.4 Å². The fourth-order valence-corrected chi connectivity index (χ4v) is 1.70. The zero-order valence-electron chi connectivity index (χ0n) is 11.0. The normalized spacial score (nSPS) is 12.3. The minimum absolute atomic E-state index is 0.222. The van der Waals surface area contributed by atoms with E-state index in [2.05, 4.69) is 0 Å². The third kappa shape index (κ3) is 6.52. The molecule has 0 spiro atoms. The molecule has 0 fully saturated rings. The molecule has 0 radical (unpaired) electrons.